The summed E-state index contributed by atoms with van der Waals surface area (Å²) in [5, 5.41) is 2.94. The molecule has 4 aromatic rings. The van der Waals surface area contributed by atoms with Crippen LogP contribution in [0.1, 0.15) is 38.6 Å². The Morgan fingerprint density at radius 1 is 1.22 bits per heavy atom. The highest BCUT2D eigenvalue weighted by Gasteiger charge is 2.37. The second-order valence-electron chi connectivity index (χ2n) is 8.91. The maximum absolute atomic E-state index is 15.0. The molecule has 0 fully saturated rings. The third-order valence-corrected chi connectivity index (χ3v) is 5.41. The Balaban J connectivity index is 1.69. The standard InChI is InChI=1S/C25H26F3N7O2/c1-14(2)10-25(13-26,35-15(3)29)17-8-16(9-18(27)22(17)28)33-24-23-19(4-5-31-24)34-20(11-32-23)37-12-21-30-6-7-36-21/h4-9,11,14H,10,12-13H2,1-3H3,(H2,29,35)(H,31,33)/t25-/m1/s1. The van der Waals surface area contributed by atoms with Crippen LogP contribution in [0, 0.1) is 17.6 Å². The molecule has 9 nitrogen and oxygen atoms in total. The summed E-state index contributed by atoms with van der Waals surface area (Å²) in [6.45, 7) is 4.16. The molecule has 3 heterocycles. The smallest absolute Gasteiger partial charge is 0.233 e. The molecule has 0 aliphatic heterocycles. The predicted molar refractivity (Wildman–Crippen MR) is 132 cm³/mol. The minimum Gasteiger partial charge on any atom is -0.467 e. The summed E-state index contributed by atoms with van der Waals surface area (Å²) in [6, 6.07) is 3.89. The zero-order chi connectivity index (χ0) is 26.6. The summed E-state index contributed by atoms with van der Waals surface area (Å²) in [4.78, 5) is 21.2. The second kappa shape index (κ2) is 10.8. The van der Waals surface area contributed by atoms with E-state index >= 15 is 4.39 Å². The van der Waals surface area contributed by atoms with Crippen molar-refractivity contribution in [1.82, 2.24) is 19.9 Å². The van der Waals surface area contributed by atoms with E-state index in [1.54, 1.807) is 6.07 Å². The molecule has 0 bridgehead atoms. The fourth-order valence-electron chi connectivity index (χ4n) is 4.07. The van der Waals surface area contributed by atoms with Crippen molar-refractivity contribution in [3.63, 3.8) is 0 Å². The van der Waals surface area contributed by atoms with Crippen molar-refractivity contribution in [2.24, 2.45) is 16.6 Å². The summed E-state index contributed by atoms with van der Waals surface area (Å²) in [5.74, 6) is -1.53. The molecule has 4 rings (SSSR count). The SMILES string of the molecule is CC(N)=N[C@@](CF)(CC(C)C)c1cc(Nc2nccc3nc(OCc4ncco4)cnc23)cc(F)c1F. The van der Waals surface area contributed by atoms with Gasteiger partial charge in [0, 0.05) is 23.5 Å². The Bertz CT molecular complexity index is 1410. The van der Waals surface area contributed by atoms with E-state index in [2.05, 4.69) is 30.2 Å². The van der Waals surface area contributed by atoms with E-state index < -0.39 is 23.8 Å². The van der Waals surface area contributed by atoms with E-state index in [-0.39, 0.29) is 47.7 Å². The predicted octanol–water partition coefficient (Wildman–Crippen LogP) is 5.20. The number of halogens is 3. The van der Waals surface area contributed by atoms with Crippen LogP contribution < -0.4 is 15.8 Å². The lowest BCUT2D eigenvalue weighted by molar-refractivity contribution is 0.253. The zero-order valence-corrected chi connectivity index (χ0v) is 20.5. The van der Waals surface area contributed by atoms with Gasteiger partial charge in [-0.3, -0.25) is 4.99 Å². The van der Waals surface area contributed by atoms with Crippen molar-refractivity contribution in [1.29, 1.82) is 0 Å². The topological polar surface area (TPSA) is 124 Å². The van der Waals surface area contributed by atoms with Crippen molar-refractivity contribution in [3.8, 4) is 5.88 Å². The highest BCUT2D eigenvalue weighted by molar-refractivity contribution is 5.87. The Hall–Kier alpha value is -4.22. The molecule has 0 spiro atoms. The Morgan fingerprint density at radius 3 is 2.70 bits per heavy atom. The zero-order valence-electron chi connectivity index (χ0n) is 20.5. The van der Waals surface area contributed by atoms with Gasteiger partial charge in [0.05, 0.1) is 23.7 Å². The number of amidine groups is 1. The number of rotatable bonds is 10. The molecule has 3 aromatic heterocycles. The Morgan fingerprint density at radius 2 is 2.03 bits per heavy atom. The molecule has 0 aliphatic rings. The van der Waals surface area contributed by atoms with Crippen LogP contribution in [0.4, 0.5) is 24.7 Å². The number of fused-ring (bicyclic) bond motifs is 1. The summed E-state index contributed by atoms with van der Waals surface area (Å²) in [7, 11) is 0. The molecular weight excluding hydrogens is 487 g/mol. The van der Waals surface area contributed by atoms with Gasteiger partial charge < -0.3 is 20.2 Å². The first-order chi connectivity index (χ1) is 17.7. The number of alkyl halides is 1. The van der Waals surface area contributed by atoms with Crippen molar-refractivity contribution in [3.05, 3.63) is 66.1 Å². The molecular formula is C25H26F3N7O2. The van der Waals surface area contributed by atoms with Crippen LogP contribution in [0.25, 0.3) is 11.0 Å². The van der Waals surface area contributed by atoms with Crippen LogP contribution in [0.15, 0.2) is 52.5 Å². The monoisotopic (exact) mass is 513 g/mol. The maximum Gasteiger partial charge on any atom is 0.233 e. The van der Waals surface area contributed by atoms with Gasteiger partial charge in [0.1, 0.15) is 24.0 Å². The molecule has 0 amide bonds. The quantitative estimate of drug-likeness (QED) is 0.219. The van der Waals surface area contributed by atoms with Crippen LogP contribution in [-0.2, 0) is 12.1 Å². The number of benzene rings is 1. The van der Waals surface area contributed by atoms with Crippen LogP contribution in [0.5, 0.6) is 5.88 Å². The molecule has 194 valence electrons. The number of nitrogens with zero attached hydrogens (tertiary/aromatic N) is 5. The van der Waals surface area contributed by atoms with E-state index in [9.17, 15) is 8.78 Å². The summed E-state index contributed by atoms with van der Waals surface area (Å²) in [5.41, 5.74) is 4.74. The van der Waals surface area contributed by atoms with Crippen LogP contribution in [0.2, 0.25) is 0 Å². The molecule has 0 unspecified atom stereocenters. The fourth-order valence-corrected chi connectivity index (χ4v) is 4.07. The number of nitrogens with two attached hydrogens (primary N) is 1. The first-order valence-electron chi connectivity index (χ1n) is 11.5. The van der Waals surface area contributed by atoms with E-state index in [0.29, 0.717) is 16.9 Å². The number of aliphatic imine (C=N–C) groups is 1. The highest BCUT2D eigenvalue weighted by atomic mass is 19.2. The lowest BCUT2D eigenvalue weighted by atomic mass is 9.83. The average molecular weight is 514 g/mol. The van der Waals surface area contributed by atoms with Gasteiger partial charge >= 0.3 is 0 Å². The van der Waals surface area contributed by atoms with Gasteiger partial charge in [-0.15, -0.1) is 0 Å². The van der Waals surface area contributed by atoms with Crippen molar-refractivity contribution >= 4 is 28.4 Å². The number of anilines is 2. The van der Waals surface area contributed by atoms with Crippen molar-refractivity contribution in [2.75, 3.05) is 12.0 Å². The van der Waals surface area contributed by atoms with Gasteiger partial charge in [0.15, 0.2) is 24.1 Å². The van der Waals surface area contributed by atoms with Crippen molar-refractivity contribution in [2.45, 2.75) is 39.3 Å². The molecule has 1 atom stereocenters. The number of aromatic nitrogens is 4. The first-order valence-corrected chi connectivity index (χ1v) is 11.5. The number of nitrogens with one attached hydrogen (secondary N) is 1. The molecule has 0 radical (unpaired) electrons. The second-order valence-corrected chi connectivity index (χ2v) is 8.91. The normalized spacial score (nSPS) is 13.6. The maximum atomic E-state index is 15.0. The minimum atomic E-state index is -1.68. The van der Waals surface area contributed by atoms with E-state index in [0.717, 1.165) is 6.07 Å². The minimum absolute atomic E-state index is 0.0586. The molecule has 1 aromatic carbocycles. The Labute approximate surface area is 211 Å². The van der Waals surface area contributed by atoms with Crippen LogP contribution in [0.3, 0.4) is 0 Å². The van der Waals surface area contributed by atoms with Gasteiger partial charge in [-0.1, -0.05) is 13.8 Å². The van der Waals surface area contributed by atoms with E-state index in [1.807, 2.05) is 13.8 Å². The van der Waals surface area contributed by atoms with E-state index in [1.165, 1.54) is 37.8 Å². The molecule has 0 saturated carbocycles. The Kier molecular flexibility index (Phi) is 7.55. The van der Waals surface area contributed by atoms with Gasteiger partial charge in [-0.2, -0.15) is 0 Å². The fraction of sp³-hybridized carbons (Fsp3) is 0.320. The first kappa shape index (κ1) is 25.9. The third kappa shape index (κ3) is 5.79. The van der Waals surface area contributed by atoms with Gasteiger partial charge in [-0.05, 0) is 31.4 Å². The highest BCUT2D eigenvalue weighted by Crippen LogP contribution is 2.38. The van der Waals surface area contributed by atoms with Crippen LogP contribution >= 0.6 is 0 Å². The average Bonchev–Trinajstić information content (AvgIpc) is 3.37. The molecule has 12 heteroatoms. The summed E-state index contributed by atoms with van der Waals surface area (Å²) >= 11 is 0. The molecule has 0 saturated heterocycles. The lowest BCUT2D eigenvalue weighted by Gasteiger charge is -2.30. The van der Waals surface area contributed by atoms with Gasteiger partial charge in [0.2, 0.25) is 11.8 Å². The molecule has 0 aliphatic carbocycles. The van der Waals surface area contributed by atoms with Crippen LogP contribution in [-0.4, -0.2) is 32.4 Å². The largest absolute Gasteiger partial charge is 0.467 e. The van der Waals surface area contributed by atoms with E-state index in [4.69, 9.17) is 14.9 Å². The number of oxazole rings is 1. The number of hydrogen-bond donors (Lipinski definition) is 2. The number of hydrogen-bond acceptors (Lipinski definition) is 8. The van der Waals surface area contributed by atoms with Gasteiger partial charge in [0.25, 0.3) is 0 Å². The van der Waals surface area contributed by atoms with Gasteiger partial charge in [-0.25, -0.2) is 33.1 Å². The lowest BCUT2D eigenvalue weighted by Crippen LogP contribution is -2.32. The number of ether oxygens (including phenoxy) is 1. The third-order valence-electron chi connectivity index (χ3n) is 5.41. The summed E-state index contributed by atoms with van der Waals surface area (Å²) in [6.07, 6.45) is 5.92. The molecule has 3 N–H and O–H groups in total. The van der Waals surface area contributed by atoms with Crippen molar-refractivity contribution < 1.29 is 22.3 Å². The summed E-state index contributed by atoms with van der Waals surface area (Å²) < 4.78 is 54.9. The molecule has 37 heavy (non-hydrogen) atoms. The number of pyridine rings is 1.